The molecular weight excluding hydrogens is 140 g/mol. The molecule has 56 valence electrons. The Morgan fingerprint density at radius 1 is 0.818 bits per heavy atom. The standard InChI is InChI=1S/C9H8O2/c10-8-6-4-2-1-3-5-7-9-11/h1-8H. The maximum absolute atomic E-state index is 9.74. The lowest BCUT2D eigenvalue weighted by atomic mass is 10.4. The lowest BCUT2D eigenvalue weighted by molar-refractivity contribution is -0.104. The minimum Gasteiger partial charge on any atom is -0.299 e. The van der Waals surface area contributed by atoms with Crippen LogP contribution in [0.5, 0.6) is 0 Å². The maximum Gasteiger partial charge on any atom is 0.142 e. The van der Waals surface area contributed by atoms with E-state index in [0.717, 1.165) is 0 Å². The van der Waals surface area contributed by atoms with E-state index in [1.807, 2.05) is 0 Å². The number of carbonyl (C=O) groups excluding carboxylic acids is 2. The van der Waals surface area contributed by atoms with Crippen molar-refractivity contribution in [1.82, 2.24) is 0 Å². The molecule has 0 fully saturated rings. The molecule has 0 amide bonds. The van der Waals surface area contributed by atoms with Crippen LogP contribution in [0.3, 0.4) is 0 Å². The van der Waals surface area contributed by atoms with Crippen LogP contribution in [0.2, 0.25) is 0 Å². The smallest absolute Gasteiger partial charge is 0.142 e. The Morgan fingerprint density at radius 2 is 1.36 bits per heavy atom. The van der Waals surface area contributed by atoms with E-state index in [9.17, 15) is 9.59 Å². The van der Waals surface area contributed by atoms with Gasteiger partial charge in [0, 0.05) is 6.08 Å². The maximum atomic E-state index is 9.74. The molecule has 0 radical (unpaired) electrons. The third-order valence-electron chi connectivity index (χ3n) is 0.798. The number of carbonyl (C=O) groups is 1. The van der Waals surface area contributed by atoms with Gasteiger partial charge in [0.1, 0.15) is 12.2 Å². The Morgan fingerprint density at radius 3 is 1.91 bits per heavy atom. The van der Waals surface area contributed by atoms with Crippen LogP contribution < -0.4 is 0 Å². The highest BCUT2D eigenvalue weighted by molar-refractivity contribution is 5.65. The molecule has 0 bridgehead atoms. The first-order valence-corrected chi connectivity index (χ1v) is 3.06. The van der Waals surface area contributed by atoms with Crippen molar-refractivity contribution < 1.29 is 9.59 Å². The molecule has 0 aromatic rings. The summed E-state index contributed by atoms with van der Waals surface area (Å²) in [5.74, 6) is 1.60. The number of allylic oxidation sites excluding steroid dienone is 7. The zero-order valence-corrected chi connectivity index (χ0v) is 5.94. The van der Waals surface area contributed by atoms with Gasteiger partial charge >= 0.3 is 0 Å². The first-order chi connectivity index (χ1) is 5.41. The lowest BCUT2D eigenvalue weighted by Crippen LogP contribution is -1.55. The second-order valence-electron chi connectivity index (χ2n) is 1.58. The summed E-state index contributed by atoms with van der Waals surface area (Å²) in [5.41, 5.74) is 0. The quantitative estimate of drug-likeness (QED) is 0.260. The van der Waals surface area contributed by atoms with Gasteiger partial charge in [-0.3, -0.25) is 4.79 Å². The highest BCUT2D eigenvalue weighted by atomic mass is 16.1. The fourth-order valence-corrected chi connectivity index (χ4v) is 0.397. The van der Waals surface area contributed by atoms with Crippen LogP contribution in [0.15, 0.2) is 42.5 Å². The van der Waals surface area contributed by atoms with Gasteiger partial charge in [0.25, 0.3) is 0 Å². The number of hydrogen-bond acceptors (Lipinski definition) is 2. The van der Waals surface area contributed by atoms with Gasteiger partial charge in [0.05, 0.1) is 0 Å². The molecule has 0 aliphatic carbocycles. The average molecular weight is 148 g/mol. The largest absolute Gasteiger partial charge is 0.299 e. The minimum atomic E-state index is 0.694. The Hall–Kier alpha value is -1.66. The van der Waals surface area contributed by atoms with Gasteiger partial charge in [-0.25, -0.2) is 4.79 Å². The molecule has 2 nitrogen and oxygen atoms in total. The molecule has 0 aliphatic heterocycles. The van der Waals surface area contributed by atoms with Crippen LogP contribution in [-0.4, -0.2) is 12.2 Å². The fourth-order valence-electron chi connectivity index (χ4n) is 0.397. The van der Waals surface area contributed by atoms with Gasteiger partial charge in [-0.15, -0.1) is 0 Å². The highest BCUT2D eigenvalue weighted by Gasteiger charge is 1.61. The normalized spacial score (nSPS) is 10.9. The van der Waals surface area contributed by atoms with Crippen molar-refractivity contribution in [2.75, 3.05) is 0 Å². The summed E-state index contributed by atoms with van der Waals surface area (Å²) in [6.45, 7) is 0. The Labute approximate surface area is 65.2 Å². The summed E-state index contributed by atoms with van der Waals surface area (Å²) in [4.78, 5) is 19.4. The van der Waals surface area contributed by atoms with E-state index in [-0.39, 0.29) is 0 Å². The molecule has 11 heavy (non-hydrogen) atoms. The van der Waals surface area contributed by atoms with Crippen molar-refractivity contribution in [3.05, 3.63) is 42.5 Å². The molecule has 0 aromatic heterocycles. The van der Waals surface area contributed by atoms with Crippen molar-refractivity contribution >= 4 is 12.2 Å². The van der Waals surface area contributed by atoms with E-state index in [4.69, 9.17) is 0 Å². The van der Waals surface area contributed by atoms with Crippen molar-refractivity contribution in [2.24, 2.45) is 0 Å². The number of aldehydes is 1. The van der Waals surface area contributed by atoms with E-state index < -0.39 is 0 Å². The van der Waals surface area contributed by atoms with Gasteiger partial charge in [-0.05, 0) is 6.08 Å². The van der Waals surface area contributed by atoms with E-state index in [1.165, 1.54) is 12.2 Å². The second-order valence-corrected chi connectivity index (χ2v) is 1.58. The molecule has 0 saturated carbocycles. The van der Waals surface area contributed by atoms with Gasteiger partial charge in [-0.2, -0.15) is 0 Å². The molecule has 2 heteroatoms. The molecule has 0 aromatic carbocycles. The molecule has 0 heterocycles. The second kappa shape index (κ2) is 8.34. The van der Waals surface area contributed by atoms with Crippen LogP contribution >= 0.6 is 0 Å². The summed E-state index contributed by atoms with van der Waals surface area (Å²) in [5, 5.41) is 0. The lowest BCUT2D eigenvalue weighted by Gasteiger charge is -1.68. The summed E-state index contributed by atoms with van der Waals surface area (Å²) < 4.78 is 0. The van der Waals surface area contributed by atoms with E-state index >= 15 is 0 Å². The van der Waals surface area contributed by atoms with Crippen LogP contribution in [-0.2, 0) is 9.59 Å². The molecule has 0 spiro atoms. The molecule has 0 atom stereocenters. The van der Waals surface area contributed by atoms with Crippen LogP contribution in [0.1, 0.15) is 0 Å². The van der Waals surface area contributed by atoms with E-state index in [1.54, 1.807) is 36.3 Å². The Kier molecular flexibility index (Phi) is 7.08. The zero-order valence-electron chi connectivity index (χ0n) is 5.94. The molecular formula is C9H8O2. The predicted octanol–water partition coefficient (Wildman–Crippen LogP) is 1.24. The molecule has 0 rings (SSSR count). The number of hydrogen-bond donors (Lipinski definition) is 0. The molecule has 0 unspecified atom stereocenters. The van der Waals surface area contributed by atoms with Crippen LogP contribution in [0.25, 0.3) is 0 Å². The molecule has 0 aliphatic rings. The summed E-state index contributed by atoms with van der Waals surface area (Å²) >= 11 is 0. The van der Waals surface area contributed by atoms with Gasteiger partial charge in [-0.1, -0.05) is 30.4 Å². The highest BCUT2D eigenvalue weighted by Crippen LogP contribution is 1.78. The van der Waals surface area contributed by atoms with Crippen LogP contribution in [0, 0.1) is 0 Å². The topological polar surface area (TPSA) is 34.1 Å². The first-order valence-electron chi connectivity index (χ1n) is 3.06. The van der Waals surface area contributed by atoms with Crippen molar-refractivity contribution in [2.45, 2.75) is 0 Å². The summed E-state index contributed by atoms with van der Waals surface area (Å²) in [6.07, 6.45) is 11.5. The van der Waals surface area contributed by atoms with Gasteiger partial charge in [0.15, 0.2) is 0 Å². The predicted molar refractivity (Wildman–Crippen MR) is 43.7 cm³/mol. The van der Waals surface area contributed by atoms with Gasteiger partial charge in [0.2, 0.25) is 0 Å². The Bertz CT molecular complexity index is 228. The SMILES string of the molecule is O=C=CC=CC=CC=CC=O. The molecule has 0 saturated heterocycles. The van der Waals surface area contributed by atoms with Crippen LogP contribution in [0.4, 0.5) is 0 Å². The van der Waals surface area contributed by atoms with Crippen molar-refractivity contribution in [1.29, 1.82) is 0 Å². The molecule has 0 N–H and O–H groups in total. The average Bonchev–Trinajstić information content (AvgIpc) is 2.03. The van der Waals surface area contributed by atoms with Crippen molar-refractivity contribution in [3.8, 4) is 0 Å². The Balaban J connectivity index is 3.67. The third-order valence-corrected chi connectivity index (χ3v) is 0.798. The fraction of sp³-hybridized carbons (Fsp3) is 0. The minimum absolute atomic E-state index is 0.694. The zero-order chi connectivity index (χ0) is 8.36. The van der Waals surface area contributed by atoms with E-state index in [0.29, 0.717) is 6.29 Å². The summed E-state index contributed by atoms with van der Waals surface area (Å²) in [7, 11) is 0. The van der Waals surface area contributed by atoms with Crippen molar-refractivity contribution in [3.63, 3.8) is 0 Å². The van der Waals surface area contributed by atoms with E-state index in [2.05, 4.69) is 0 Å². The number of rotatable bonds is 4. The third kappa shape index (κ3) is 8.34. The van der Waals surface area contributed by atoms with Gasteiger partial charge < -0.3 is 0 Å². The monoisotopic (exact) mass is 148 g/mol. The summed E-state index contributed by atoms with van der Waals surface area (Å²) in [6, 6.07) is 0. The first kappa shape index (κ1) is 9.34.